The fourth-order valence-electron chi connectivity index (χ4n) is 3.15. The summed E-state index contributed by atoms with van der Waals surface area (Å²) in [5.41, 5.74) is -0.571. The molecule has 0 spiro atoms. The van der Waals surface area contributed by atoms with Gasteiger partial charge in [0.25, 0.3) is 5.91 Å². The molecule has 2 aliphatic heterocycles. The molecule has 31 heavy (non-hydrogen) atoms. The first-order valence-corrected chi connectivity index (χ1v) is 10.4. The average Bonchev–Trinajstić information content (AvgIpc) is 3.20. The van der Waals surface area contributed by atoms with E-state index in [-0.39, 0.29) is 37.8 Å². The number of anilines is 1. The summed E-state index contributed by atoms with van der Waals surface area (Å²) in [6.45, 7) is 1.56. The Hall–Kier alpha value is -2.74. The molecule has 1 aromatic rings. The van der Waals surface area contributed by atoms with Crippen LogP contribution in [0.4, 0.5) is 23.7 Å². The minimum atomic E-state index is -5.08. The molecule has 0 radical (unpaired) electrons. The maximum absolute atomic E-state index is 12.7. The Morgan fingerprint density at radius 2 is 1.81 bits per heavy atom. The summed E-state index contributed by atoms with van der Waals surface area (Å²) in [5, 5.41) is 0. The van der Waals surface area contributed by atoms with Crippen molar-refractivity contribution in [3.05, 3.63) is 23.8 Å². The second kappa shape index (κ2) is 9.60. The van der Waals surface area contributed by atoms with Gasteiger partial charge in [0.15, 0.2) is 5.75 Å². The van der Waals surface area contributed by atoms with Crippen LogP contribution in [0.25, 0.3) is 0 Å². The van der Waals surface area contributed by atoms with Crippen molar-refractivity contribution in [1.29, 1.82) is 0 Å². The van der Waals surface area contributed by atoms with E-state index in [2.05, 4.69) is 4.74 Å². The minimum absolute atomic E-state index is 0.120. The summed E-state index contributed by atoms with van der Waals surface area (Å²) in [6.07, 6.45) is -5.26. The fraction of sp³-hybridized carbons (Fsp3) is 0.529. The number of amides is 2. The number of carbonyl (C=O) groups excluding carboxylic acids is 2. The molecule has 0 bridgehead atoms. The number of nitrogens with zero attached hydrogens (tertiary/aromatic N) is 2. The summed E-state index contributed by atoms with van der Waals surface area (Å²) in [4.78, 5) is 27.7. The Kier molecular flexibility index (Phi) is 7.10. The van der Waals surface area contributed by atoms with Crippen molar-refractivity contribution in [1.82, 2.24) is 9.80 Å². The SMILES string of the molecule is O=C(O[C@@H]1CCOC1)N1CCN(C(=O)c2ccc(N[SH](=O)=O)c(OC(F)(F)F)c2)CC1. The maximum Gasteiger partial charge on any atom is 0.573 e. The van der Waals surface area contributed by atoms with E-state index < -0.39 is 40.7 Å². The molecule has 172 valence electrons. The molecule has 2 saturated heterocycles. The molecular weight excluding hydrogens is 447 g/mol. The number of piperazine rings is 1. The zero-order valence-corrected chi connectivity index (χ0v) is 17.0. The Bertz CT molecular complexity index is 887. The molecule has 1 N–H and O–H groups in total. The van der Waals surface area contributed by atoms with Gasteiger partial charge in [-0.15, -0.1) is 13.2 Å². The summed E-state index contributed by atoms with van der Waals surface area (Å²) >= 11 is 0. The summed E-state index contributed by atoms with van der Waals surface area (Å²) in [5.74, 6) is -1.43. The summed E-state index contributed by atoms with van der Waals surface area (Å²) < 4.78 is 75.7. The highest BCUT2D eigenvalue weighted by atomic mass is 32.2. The van der Waals surface area contributed by atoms with Gasteiger partial charge in [0, 0.05) is 38.2 Å². The van der Waals surface area contributed by atoms with E-state index in [1.165, 1.54) is 15.9 Å². The lowest BCUT2D eigenvalue weighted by molar-refractivity contribution is -0.274. The lowest BCUT2D eigenvalue weighted by Crippen LogP contribution is -2.51. The van der Waals surface area contributed by atoms with E-state index in [9.17, 15) is 31.2 Å². The van der Waals surface area contributed by atoms with E-state index >= 15 is 0 Å². The van der Waals surface area contributed by atoms with Crippen molar-refractivity contribution in [2.75, 3.05) is 44.1 Å². The van der Waals surface area contributed by atoms with Gasteiger partial charge in [-0.3, -0.25) is 9.52 Å². The first-order valence-electron chi connectivity index (χ1n) is 9.26. The second-order valence-corrected chi connectivity index (χ2v) is 7.51. The van der Waals surface area contributed by atoms with Crippen LogP contribution >= 0.6 is 0 Å². The smallest absolute Gasteiger partial charge is 0.444 e. The zero-order chi connectivity index (χ0) is 22.6. The van der Waals surface area contributed by atoms with Gasteiger partial charge in [0.05, 0.1) is 18.9 Å². The lowest BCUT2D eigenvalue weighted by Gasteiger charge is -2.34. The Morgan fingerprint density at radius 1 is 1.13 bits per heavy atom. The molecule has 0 aliphatic carbocycles. The monoisotopic (exact) mass is 467 g/mol. The van der Waals surface area contributed by atoms with Gasteiger partial charge in [-0.1, -0.05) is 0 Å². The van der Waals surface area contributed by atoms with Crippen LogP contribution < -0.4 is 9.46 Å². The molecule has 0 aromatic heterocycles. The van der Waals surface area contributed by atoms with Crippen LogP contribution in [0.5, 0.6) is 5.75 Å². The highest BCUT2D eigenvalue weighted by Crippen LogP contribution is 2.32. The molecule has 2 fully saturated rings. The highest BCUT2D eigenvalue weighted by molar-refractivity contribution is 7.73. The second-order valence-electron chi connectivity index (χ2n) is 6.78. The van der Waals surface area contributed by atoms with E-state index in [0.29, 0.717) is 19.6 Å². The summed E-state index contributed by atoms with van der Waals surface area (Å²) in [6, 6.07) is 3.02. The first-order chi connectivity index (χ1) is 14.6. The van der Waals surface area contributed by atoms with Gasteiger partial charge in [0.1, 0.15) is 6.10 Å². The van der Waals surface area contributed by atoms with Gasteiger partial charge >= 0.3 is 12.5 Å². The maximum atomic E-state index is 12.7. The molecule has 1 aromatic carbocycles. The predicted octanol–water partition coefficient (Wildman–Crippen LogP) is 1.21. The lowest BCUT2D eigenvalue weighted by atomic mass is 10.1. The Labute approximate surface area is 176 Å². The largest absolute Gasteiger partial charge is 0.573 e. The van der Waals surface area contributed by atoms with Gasteiger partial charge in [-0.2, -0.15) is 0 Å². The van der Waals surface area contributed by atoms with Gasteiger partial charge < -0.3 is 24.0 Å². The third-order valence-corrected chi connectivity index (χ3v) is 5.07. The Balaban J connectivity index is 1.64. The Morgan fingerprint density at radius 3 is 2.39 bits per heavy atom. The molecule has 2 heterocycles. The van der Waals surface area contributed by atoms with Crippen LogP contribution in [0, 0.1) is 0 Å². The molecule has 10 nitrogen and oxygen atoms in total. The van der Waals surface area contributed by atoms with Crippen molar-refractivity contribution in [2.24, 2.45) is 0 Å². The number of halogens is 3. The van der Waals surface area contributed by atoms with Crippen LogP contribution in [-0.4, -0.2) is 82.1 Å². The normalized spacial score (nSPS) is 19.4. The number of thiol groups is 1. The number of carbonyl (C=O) groups is 2. The van der Waals surface area contributed by atoms with Crippen LogP contribution in [0.1, 0.15) is 16.8 Å². The van der Waals surface area contributed by atoms with E-state index in [4.69, 9.17) is 9.47 Å². The summed E-state index contributed by atoms with van der Waals surface area (Å²) in [7, 11) is -3.24. The van der Waals surface area contributed by atoms with Crippen LogP contribution in [-0.2, 0) is 20.4 Å². The third kappa shape index (κ3) is 6.37. The van der Waals surface area contributed by atoms with Gasteiger partial charge in [-0.05, 0) is 18.2 Å². The standard InChI is InChI=1S/C17H20F3N3O7S/c18-17(19,20)30-14-9-11(1-2-13(14)21-31(26)27)15(24)22-4-6-23(7-5-22)16(25)29-12-3-8-28-10-12/h1-2,9,12,31H,3-8,10H2,(H,21,26,27)/t12-/m1/s1. The number of alkyl halides is 3. The van der Waals surface area contributed by atoms with E-state index in [1.807, 2.05) is 4.72 Å². The topological polar surface area (TPSA) is 114 Å². The molecule has 1 atom stereocenters. The molecule has 0 unspecified atom stereocenters. The number of nitrogens with one attached hydrogen (secondary N) is 1. The van der Waals surface area contributed by atoms with E-state index in [1.54, 1.807) is 0 Å². The number of benzene rings is 1. The number of hydrogen-bond acceptors (Lipinski definition) is 7. The number of hydrogen-bond donors (Lipinski definition) is 2. The van der Waals surface area contributed by atoms with Crippen LogP contribution in [0.3, 0.4) is 0 Å². The predicted molar refractivity (Wildman–Crippen MR) is 100 cm³/mol. The van der Waals surface area contributed by atoms with Crippen molar-refractivity contribution in [3.8, 4) is 5.75 Å². The minimum Gasteiger partial charge on any atom is -0.444 e. The van der Waals surface area contributed by atoms with Crippen molar-refractivity contribution < 1.29 is 45.4 Å². The van der Waals surface area contributed by atoms with Crippen LogP contribution in [0.15, 0.2) is 18.2 Å². The molecule has 0 saturated carbocycles. The average molecular weight is 467 g/mol. The van der Waals surface area contributed by atoms with Crippen LogP contribution in [0.2, 0.25) is 0 Å². The first kappa shape index (κ1) is 22.9. The van der Waals surface area contributed by atoms with E-state index in [0.717, 1.165) is 12.1 Å². The molecule has 3 rings (SSSR count). The van der Waals surface area contributed by atoms with Crippen molar-refractivity contribution >= 4 is 28.6 Å². The number of rotatable bonds is 5. The highest BCUT2D eigenvalue weighted by Gasteiger charge is 2.33. The molecule has 2 amide bonds. The van der Waals surface area contributed by atoms with Gasteiger partial charge in [0.2, 0.25) is 10.9 Å². The van der Waals surface area contributed by atoms with Gasteiger partial charge in [-0.25, -0.2) is 13.2 Å². The van der Waals surface area contributed by atoms with Crippen molar-refractivity contribution in [2.45, 2.75) is 18.9 Å². The quantitative estimate of drug-likeness (QED) is 0.626. The molecular formula is C17H20F3N3O7S. The fourth-order valence-corrected chi connectivity index (χ4v) is 3.53. The number of ether oxygens (including phenoxy) is 3. The molecule has 14 heteroatoms. The van der Waals surface area contributed by atoms with Crippen molar-refractivity contribution in [3.63, 3.8) is 0 Å². The molecule has 2 aliphatic rings. The third-order valence-electron chi connectivity index (χ3n) is 4.65. The zero-order valence-electron chi connectivity index (χ0n) is 16.1.